The van der Waals surface area contributed by atoms with Gasteiger partial charge in [-0.15, -0.1) is 0 Å². The van der Waals surface area contributed by atoms with Crippen molar-refractivity contribution in [3.63, 3.8) is 0 Å². The Morgan fingerprint density at radius 2 is 2.06 bits per heavy atom. The topological polar surface area (TPSA) is 38.1 Å². The van der Waals surface area contributed by atoms with Gasteiger partial charge in [0.2, 0.25) is 0 Å². The molecule has 1 aromatic rings. The van der Waals surface area contributed by atoms with E-state index in [9.17, 15) is 5.11 Å². The third-order valence-corrected chi connectivity index (χ3v) is 3.33. The highest BCUT2D eigenvalue weighted by molar-refractivity contribution is 5.05. The molecule has 2 atom stereocenters. The molecule has 3 nitrogen and oxygen atoms in total. The Morgan fingerprint density at radius 1 is 1.44 bits per heavy atom. The van der Waals surface area contributed by atoms with Crippen molar-refractivity contribution in [2.45, 2.75) is 46.6 Å². The van der Waals surface area contributed by atoms with Gasteiger partial charge < -0.3 is 5.11 Å². The first kappa shape index (κ1) is 13.2. The number of aliphatic hydroxyl groups is 1. The smallest absolute Gasteiger partial charge is 0.0584 e. The maximum Gasteiger partial charge on any atom is 0.0584 e. The van der Waals surface area contributed by atoms with E-state index in [-0.39, 0.29) is 11.5 Å². The molecule has 3 heteroatoms. The number of aryl methyl sites for hydroxylation is 1. The maximum atomic E-state index is 10.0. The molecule has 0 fully saturated rings. The molecule has 2 unspecified atom stereocenters. The second-order valence-corrected chi connectivity index (χ2v) is 5.88. The molecule has 0 aromatic carbocycles. The van der Waals surface area contributed by atoms with Crippen LogP contribution in [0.15, 0.2) is 12.4 Å². The lowest BCUT2D eigenvalue weighted by molar-refractivity contribution is 0.110. The van der Waals surface area contributed by atoms with Crippen molar-refractivity contribution in [2.75, 3.05) is 0 Å². The van der Waals surface area contributed by atoms with Gasteiger partial charge in [0.05, 0.1) is 12.3 Å². The minimum atomic E-state index is -0.265. The third kappa shape index (κ3) is 3.97. The Labute approximate surface area is 98.5 Å². The van der Waals surface area contributed by atoms with Crippen LogP contribution >= 0.6 is 0 Å². The average Bonchev–Trinajstić information content (AvgIpc) is 2.49. The lowest BCUT2D eigenvalue weighted by Crippen LogP contribution is -2.23. The van der Waals surface area contributed by atoms with Gasteiger partial charge in [-0.05, 0) is 23.3 Å². The monoisotopic (exact) mass is 224 g/mol. The molecule has 0 spiro atoms. The molecule has 0 aliphatic heterocycles. The van der Waals surface area contributed by atoms with Crippen LogP contribution in [0.3, 0.4) is 0 Å². The van der Waals surface area contributed by atoms with Gasteiger partial charge in [0, 0.05) is 19.7 Å². The quantitative estimate of drug-likeness (QED) is 0.852. The largest absolute Gasteiger partial charge is 0.393 e. The predicted molar refractivity (Wildman–Crippen MR) is 66.2 cm³/mol. The van der Waals surface area contributed by atoms with Gasteiger partial charge in [-0.1, -0.05) is 27.7 Å². The third-order valence-electron chi connectivity index (χ3n) is 3.33. The Bertz CT molecular complexity index is 325. The van der Waals surface area contributed by atoms with Gasteiger partial charge in [0.15, 0.2) is 0 Å². The molecule has 92 valence electrons. The van der Waals surface area contributed by atoms with Gasteiger partial charge in [0.25, 0.3) is 0 Å². The highest BCUT2D eigenvalue weighted by atomic mass is 16.3. The van der Waals surface area contributed by atoms with Crippen molar-refractivity contribution in [1.29, 1.82) is 0 Å². The van der Waals surface area contributed by atoms with Crippen molar-refractivity contribution >= 4 is 0 Å². The second-order valence-electron chi connectivity index (χ2n) is 5.88. The molecule has 0 bridgehead atoms. The van der Waals surface area contributed by atoms with Gasteiger partial charge in [-0.2, -0.15) is 5.10 Å². The number of hydrogen-bond donors (Lipinski definition) is 1. The molecule has 16 heavy (non-hydrogen) atoms. The summed E-state index contributed by atoms with van der Waals surface area (Å²) >= 11 is 0. The van der Waals surface area contributed by atoms with E-state index in [0.29, 0.717) is 12.3 Å². The fourth-order valence-electron chi connectivity index (χ4n) is 1.69. The van der Waals surface area contributed by atoms with Crippen LogP contribution in [-0.4, -0.2) is 21.0 Å². The summed E-state index contributed by atoms with van der Waals surface area (Å²) in [6.45, 7) is 8.85. The second kappa shape index (κ2) is 5.00. The van der Waals surface area contributed by atoms with Gasteiger partial charge >= 0.3 is 0 Å². The molecule has 1 N–H and O–H groups in total. The minimum Gasteiger partial charge on any atom is -0.393 e. The van der Waals surface area contributed by atoms with Crippen molar-refractivity contribution in [1.82, 2.24) is 9.78 Å². The van der Waals surface area contributed by atoms with Crippen molar-refractivity contribution in [2.24, 2.45) is 18.4 Å². The molecule has 0 amide bonds. The van der Waals surface area contributed by atoms with Gasteiger partial charge in [-0.25, -0.2) is 0 Å². The Balaban J connectivity index is 2.45. The summed E-state index contributed by atoms with van der Waals surface area (Å²) in [5, 5.41) is 14.1. The van der Waals surface area contributed by atoms with Crippen molar-refractivity contribution in [3.05, 3.63) is 18.0 Å². The molecule has 0 saturated carbocycles. The summed E-state index contributed by atoms with van der Waals surface area (Å²) in [4.78, 5) is 0. The Morgan fingerprint density at radius 3 is 2.50 bits per heavy atom. The Hall–Kier alpha value is -0.830. The van der Waals surface area contributed by atoms with E-state index in [4.69, 9.17) is 0 Å². The fraction of sp³-hybridized carbons (Fsp3) is 0.769. The summed E-state index contributed by atoms with van der Waals surface area (Å²) in [6.07, 6.45) is 5.07. The standard InChI is InChI=1S/C13H24N2O/c1-10(13(2,3)4)6-12(16)7-11-8-14-15(5)9-11/h8-10,12,16H,6-7H2,1-5H3. The van der Waals surface area contributed by atoms with Crippen LogP contribution in [0, 0.1) is 11.3 Å². The van der Waals surface area contributed by atoms with E-state index in [1.165, 1.54) is 0 Å². The highest BCUT2D eigenvalue weighted by Gasteiger charge is 2.22. The van der Waals surface area contributed by atoms with E-state index >= 15 is 0 Å². The number of aromatic nitrogens is 2. The van der Waals surface area contributed by atoms with Crippen LogP contribution in [0.5, 0.6) is 0 Å². The summed E-state index contributed by atoms with van der Waals surface area (Å²) in [5.41, 5.74) is 1.37. The number of nitrogens with zero attached hydrogens (tertiary/aromatic N) is 2. The zero-order valence-corrected chi connectivity index (χ0v) is 11.1. The lowest BCUT2D eigenvalue weighted by Gasteiger charge is -2.29. The number of hydrogen-bond acceptors (Lipinski definition) is 2. The number of rotatable bonds is 4. The molecule has 1 heterocycles. The molecule has 0 radical (unpaired) electrons. The van der Waals surface area contributed by atoms with Crippen LogP contribution in [0.1, 0.15) is 39.7 Å². The SMILES string of the molecule is CC(CC(O)Cc1cnn(C)c1)C(C)(C)C. The van der Waals surface area contributed by atoms with Crippen LogP contribution in [0.4, 0.5) is 0 Å². The summed E-state index contributed by atoms with van der Waals surface area (Å²) < 4.78 is 1.77. The maximum absolute atomic E-state index is 10.0. The highest BCUT2D eigenvalue weighted by Crippen LogP contribution is 2.29. The summed E-state index contributed by atoms with van der Waals surface area (Å²) in [7, 11) is 1.90. The zero-order valence-electron chi connectivity index (χ0n) is 11.1. The molecule has 0 aliphatic carbocycles. The molecule has 1 rings (SSSR count). The van der Waals surface area contributed by atoms with Crippen LogP contribution in [-0.2, 0) is 13.5 Å². The van der Waals surface area contributed by atoms with Crippen molar-refractivity contribution < 1.29 is 5.11 Å². The molecule has 0 aliphatic rings. The lowest BCUT2D eigenvalue weighted by atomic mass is 9.78. The molecular formula is C13H24N2O. The fourth-order valence-corrected chi connectivity index (χ4v) is 1.69. The molecule has 0 saturated heterocycles. The van der Waals surface area contributed by atoms with Gasteiger partial charge in [-0.3, -0.25) is 4.68 Å². The molecular weight excluding hydrogens is 200 g/mol. The molecule has 1 aromatic heterocycles. The van der Waals surface area contributed by atoms with Crippen LogP contribution in [0.2, 0.25) is 0 Å². The van der Waals surface area contributed by atoms with E-state index in [2.05, 4.69) is 32.8 Å². The minimum absolute atomic E-state index is 0.260. The zero-order chi connectivity index (χ0) is 12.3. The van der Waals surface area contributed by atoms with E-state index in [1.807, 2.05) is 19.4 Å². The predicted octanol–water partition coefficient (Wildman–Crippen LogP) is 2.40. The first-order valence-electron chi connectivity index (χ1n) is 5.94. The van der Waals surface area contributed by atoms with Crippen LogP contribution in [0.25, 0.3) is 0 Å². The average molecular weight is 224 g/mol. The summed E-state index contributed by atoms with van der Waals surface area (Å²) in [5.74, 6) is 0.513. The van der Waals surface area contributed by atoms with Crippen molar-refractivity contribution in [3.8, 4) is 0 Å². The number of aliphatic hydroxyl groups excluding tert-OH is 1. The Kier molecular flexibility index (Phi) is 4.14. The first-order chi connectivity index (χ1) is 7.29. The van der Waals surface area contributed by atoms with Gasteiger partial charge in [0.1, 0.15) is 0 Å². The first-order valence-corrected chi connectivity index (χ1v) is 5.94. The van der Waals surface area contributed by atoms with E-state index < -0.39 is 0 Å². The van der Waals surface area contributed by atoms with Crippen LogP contribution < -0.4 is 0 Å². The van der Waals surface area contributed by atoms with E-state index in [0.717, 1.165) is 12.0 Å². The summed E-state index contributed by atoms with van der Waals surface area (Å²) in [6, 6.07) is 0. The normalized spacial score (nSPS) is 16.1. The van der Waals surface area contributed by atoms with E-state index in [1.54, 1.807) is 4.68 Å².